The monoisotopic (exact) mass is 439 g/mol. The fourth-order valence-electron chi connectivity index (χ4n) is 1.03. The van der Waals surface area contributed by atoms with Crippen LogP contribution in [0.1, 0.15) is 0 Å². The Balaban J connectivity index is 0.000000251. The average molecular weight is 439 g/mol. The van der Waals surface area contributed by atoms with Gasteiger partial charge >= 0.3 is 49.1 Å². The van der Waals surface area contributed by atoms with Crippen LogP contribution in [-0.4, -0.2) is 4.98 Å². The summed E-state index contributed by atoms with van der Waals surface area (Å²) in [6.07, 6.45) is 3.68. The SMILES string of the molecule is [I][Fe][I].c1ccc2cnccc2c1. The van der Waals surface area contributed by atoms with Crippen LogP contribution in [0.2, 0.25) is 0 Å². The minimum Gasteiger partial charge on any atom is -0.264 e. The second-order valence-electron chi connectivity index (χ2n) is 2.27. The second kappa shape index (κ2) is 6.98. The van der Waals surface area contributed by atoms with Crippen molar-refractivity contribution in [3.8, 4) is 0 Å². The van der Waals surface area contributed by atoms with Gasteiger partial charge in [0.15, 0.2) is 0 Å². The quantitative estimate of drug-likeness (QED) is 0.447. The van der Waals surface area contributed by atoms with E-state index in [2.05, 4.69) is 57.8 Å². The van der Waals surface area contributed by atoms with E-state index in [0.29, 0.717) is 0 Å². The molecule has 0 saturated carbocycles. The van der Waals surface area contributed by atoms with Gasteiger partial charge in [-0.15, -0.1) is 0 Å². The summed E-state index contributed by atoms with van der Waals surface area (Å²) in [5, 5.41) is 2.45. The first-order valence-electron chi connectivity index (χ1n) is 3.52. The number of pyridine rings is 1. The van der Waals surface area contributed by atoms with Crippen LogP contribution in [-0.2, 0) is 8.46 Å². The number of hydrogen-bond donors (Lipinski definition) is 0. The molecule has 1 aromatic heterocycles. The van der Waals surface area contributed by atoms with Crippen molar-refractivity contribution in [3.05, 3.63) is 42.7 Å². The van der Waals surface area contributed by atoms with Crippen molar-refractivity contribution in [2.75, 3.05) is 0 Å². The van der Waals surface area contributed by atoms with Gasteiger partial charge in [0.2, 0.25) is 0 Å². The number of nitrogens with zero attached hydrogens (tertiary/aromatic N) is 1. The standard InChI is InChI=1S/C9H7N.Fe.2HI/c1-2-4-9-7-10-6-5-8(9)3-1;;;/h1-7H;;2*1H/q;+2;;/p-2. The molecule has 1 heterocycles. The van der Waals surface area contributed by atoms with Gasteiger partial charge < -0.3 is 0 Å². The van der Waals surface area contributed by atoms with Gasteiger partial charge in [-0.2, -0.15) is 0 Å². The van der Waals surface area contributed by atoms with Crippen molar-refractivity contribution in [2.24, 2.45) is 0 Å². The van der Waals surface area contributed by atoms with Crippen LogP contribution in [0, 0.1) is 0 Å². The van der Waals surface area contributed by atoms with E-state index in [9.17, 15) is 0 Å². The van der Waals surface area contributed by atoms with Gasteiger partial charge in [0.05, 0.1) is 0 Å². The third kappa shape index (κ3) is 4.10. The van der Waals surface area contributed by atoms with E-state index in [1.54, 1.807) is 0 Å². The molecule has 0 aliphatic heterocycles. The summed E-state index contributed by atoms with van der Waals surface area (Å²) in [5.74, 6) is 0. The first-order valence-corrected chi connectivity index (χ1v) is 10.6. The summed E-state index contributed by atoms with van der Waals surface area (Å²) in [5.41, 5.74) is 0. The number of hydrogen-bond acceptors (Lipinski definition) is 1. The van der Waals surface area contributed by atoms with Crippen LogP contribution in [0.15, 0.2) is 42.7 Å². The molecule has 0 unspecified atom stereocenters. The Morgan fingerprint density at radius 2 is 1.62 bits per heavy atom. The molecule has 13 heavy (non-hydrogen) atoms. The van der Waals surface area contributed by atoms with E-state index in [-0.39, 0.29) is 0 Å². The van der Waals surface area contributed by atoms with Gasteiger partial charge in [0, 0.05) is 12.4 Å². The molecular weight excluding hydrogens is 432 g/mol. The molecule has 0 fully saturated rings. The molecular formula is C9H7FeI2N. The topological polar surface area (TPSA) is 12.9 Å². The van der Waals surface area contributed by atoms with Crippen molar-refractivity contribution >= 4 is 51.5 Å². The predicted molar refractivity (Wildman–Crippen MR) is 69.8 cm³/mol. The molecule has 0 radical (unpaired) electrons. The molecule has 70 valence electrons. The maximum Gasteiger partial charge on any atom is 0.0346 e. The fraction of sp³-hybridized carbons (Fsp3) is 0. The third-order valence-corrected chi connectivity index (χ3v) is 1.55. The molecule has 2 rings (SSSR count). The molecule has 2 aromatic rings. The second-order valence-corrected chi connectivity index (χ2v) is 11.6. The number of aromatic nitrogens is 1. The van der Waals surface area contributed by atoms with E-state index in [4.69, 9.17) is 0 Å². The van der Waals surface area contributed by atoms with Gasteiger partial charge in [0.25, 0.3) is 0 Å². The van der Waals surface area contributed by atoms with Gasteiger partial charge in [-0.1, -0.05) is 24.3 Å². The molecule has 1 nitrogen and oxygen atoms in total. The smallest absolute Gasteiger partial charge is 0.0346 e. The molecule has 0 spiro atoms. The maximum absolute atomic E-state index is 4.01. The first-order chi connectivity index (χ1) is 6.38. The molecule has 1 aromatic carbocycles. The fourth-order valence-corrected chi connectivity index (χ4v) is 1.03. The summed E-state index contributed by atoms with van der Waals surface area (Å²) in [6.45, 7) is 0. The summed E-state index contributed by atoms with van der Waals surface area (Å²) < 4.78 is 0. The molecule has 0 saturated heterocycles. The van der Waals surface area contributed by atoms with Crippen LogP contribution < -0.4 is 0 Å². The Bertz CT molecular complexity index is 302. The summed E-state index contributed by atoms with van der Waals surface area (Å²) in [7, 11) is 1.19. The normalized spacial score (nSPS) is 9.38. The summed E-state index contributed by atoms with van der Waals surface area (Å²) >= 11 is 4.55. The average Bonchev–Trinajstić information content (AvgIpc) is 2.19. The van der Waals surface area contributed by atoms with E-state index in [1.807, 2.05) is 30.6 Å². The van der Waals surface area contributed by atoms with Crippen molar-refractivity contribution < 1.29 is 8.46 Å². The molecule has 0 aliphatic carbocycles. The minimum atomic E-state index is 1.19. The van der Waals surface area contributed by atoms with Gasteiger partial charge in [-0.25, -0.2) is 0 Å². The summed E-state index contributed by atoms with van der Waals surface area (Å²) in [4.78, 5) is 4.01. The molecule has 0 amide bonds. The zero-order valence-corrected chi connectivity index (χ0v) is 12.0. The number of benzene rings is 1. The number of halogens is 2. The van der Waals surface area contributed by atoms with Gasteiger partial charge in [0.1, 0.15) is 0 Å². The molecule has 0 N–H and O–H groups in total. The molecule has 4 heteroatoms. The molecule has 0 bridgehead atoms. The van der Waals surface area contributed by atoms with Crippen molar-refractivity contribution in [1.29, 1.82) is 0 Å². The Labute approximate surface area is 106 Å². The van der Waals surface area contributed by atoms with Crippen molar-refractivity contribution in [1.82, 2.24) is 4.98 Å². The predicted octanol–water partition coefficient (Wildman–Crippen LogP) is 4.00. The van der Waals surface area contributed by atoms with Gasteiger partial charge in [-0.05, 0) is 16.8 Å². The summed E-state index contributed by atoms with van der Waals surface area (Å²) in [6, 6.07) is 10.2. The zero-order valence-electron chi connectivity index (χ0n) is 6.60. The molecule has 0 aliphatic rings. The largest absolute Gasteiger partial charge is 0.264 e. The van der Waals surface area contributed by atoms with E-state index >= 15 is 0 Å². The van der Waals surface area contributed by atoms with E-state index in [0.717, 1.165) is 0 Å². The van der Waals surface area contributed by atoms with Crippen LogP contribution in [0.5, 0.6) is 0 Å². The first kappa shape index (κ1) is 11.7. The third-order valence-electron chi connectivity index (χ3n) is 1.55. The van der Waals surface area contributed by atoms with Crippen molar-refractivity contribution in [3.63, 3.8) is 0 Å². The van der Waals surface area contributed by atoms with Crippen LogP contribution >= 0.6 is 40.7 Å². The van der Waals surface area contributed by atoms with Crippen LogP contribution in [0.3, 0.4) is 0 Å². The van der Waals surface area contributed by atoms with E-state index in [1.165, 1.54) is 19.2 Å². The zero-order chi connectivity index (χ0) is 9.52. The maximum atomic E-state index is 4.01. The Morgan fingerprint density at radius 1 is 1.00 bits per heavy atom. The van der Waals surface area contributed by atoms with E-state index < -0.39 is 0 Å². The minimum absolute atomic E-state index is 1.19. The van der Waals surface area contributed by atoms with Crippen molar-refractivity contribution in [2.45, 2.75) is 0 Å². The molecule has 0 atom stereocenters. The Morgan fingerprint density at radius 3 is 2.23 bits per heavy atom. The van der Waals surface area contributed by atoms with Gasteiger partial charge in [-0.3, -0.25) is 4.98 Å². The number of rotatable bonds is 0. The van der Waals surface area contributed by atoms with Crippen LogP contribution in [0.4, 0.5) is 0 Å². The Hall–Kier alpha value is 0.609. The number of fused-ring (bicyclic) bond motifs is 1. The Kier molecular flexibility index (Phi) is 6.27. The van der Waals surface area contributed by atoms with Crippen LogP contribution in [0.25, 0.3) is 10.8 Å².